The van der Waals surface area contributed by atoms with Gasteiger partial charge in [-0.25, -0.2) is 0 Å². The van der Waals surface area contributed by atoms with Crippen molar-refractivity contribution >= 4 is 11.7 Å². The molecule has 1 amide bonds. The lowest BCUT2D eigenvalue weighted by Crippen LogP contribution is -2.30. The van der Waals surface area contributed by atoms with Gasteiger partial charge in [0.1, 0.15) is 5.78 Å². The van der Waals surface area contributed by atoms with E-state index in [1.807, 2.05) is 0 Å². The van der Waals surface area contributed by atoms with Gasteiger partial charge in [0.15, 0.2) is 0 Å². The Morgan fingerprint density at radius 2 is 0.744 bits per heavy atom. The maximum absolute atomic E-state index is 12.6. The quantitative estimate of drug-likeness (QED) is 0.0440. The van der Waals surface area contributed by atoms with Gasteiger partial charge in [-0.05, 0) is 38.5 Å². The van der Waals surface area contributed by atoms with E-state index in [0.717, 1.165) is 25.7 Å². The topological polar surface area (TPSA) is 60.2 Å². The summed E-state index contributed by atoms with van der Waals surface area (Å²) in [7, 11) is 0. The number of unbranched alkanes of at least 4 members (excludes halogenated alkanes) is 28. The Morgan fingerprint density at radius 3 is 1.09 bits per heavy atom. The normalized spacial score (nSPS) is 12.3. The minimum atomic E-state index is -0.553. The van der Waals surface area contributed by atoms with Crippen LogP contribution in [0.5, 0.6) is 0 Å². The van der Waals surface area contributed by atoms with Gasteiger partial charge in [-0.1, -0.05) is 193 Å². The van der Waals surface area contributed by atoms with Crippen LogP contribution in [0.3, 0.4) is 0 Å². The van der Waals surface area contributed by atoms with Crippen molar-refractivity contribution in [2.75, 3.05) is 0 Å². The Labute approximate surface area is 270 Å². The maximum Gasteiger partial charge on any atom is 0.227 e. The van der Waals surface area contributed by atoms with Crippen LogP contribution in [0.4, 0.5) is 0 Å². The number of carbonyl (C=O) groups excluding carboxylic acids is 2. The van der Waals surface area contributed by atoms with E-state index in [2.05, 4.69) is 26.0 Å². The maximum atomic E-state index is 12.6. The van der Waals surface area contributed by atoms with Crippen LogP contribution >= 0.6 is 0 Å². The molecule has 1 unspecified atom stereocenters. The first-order valence-electron chi connectivity index (χ1n) is 19.6. The van der Waals surface area contributed by atoms with Gasteiger partial charge in [-0.3, -0.25) is 9.59 Å². The van der Waals surface area contributed by atoms with E-state index in [-0.39, 0.29) is 5.78 Å². The number of hydrogen-bond donors (Lipinski definition) is 1. The Bertz CT molecular complexity index is 614. The molecular weight excluding hydrogens is 526 g/mol. The van der Waals surface area contributed by atoms with Crippen LogP contribution in [-0.2, 0) is 9.59 Å². The molecule has 254 valence electrons. The first-order chi connectivity index (χ1) is 21.1. The highest BCUT2D eigenvalue weighted by Crippen LogP contribution is 2.18. The van der Waals surface area contributed by atoms with Gasteiger partial charge in [-0.15, -0.1) is 0 Å². The predicted octanol–water partition coefficient (Wildman–Crippen LogP) is 13.1. The van der Waals surface area contributed by atoms with Gasteiger partial charge in [-0.2, -0.15) is 0 Å². The average molecular weight is 604 g/mol. The summed E-state index contributed by atoms with van der Waals surface area (Å²) in [6.07, 6.45) is 46.4. The molecule has 0 aromatic carbocycles. The van der Waals surface area contributed by atoms with E-state index in [0.29, 0.717) is 12.8 Å². The predicted molar refractivity (Wildman–Crippen MR) is 191 cm³/mol. The second kappa shape index (κ2) is 35.4. The Kier molecular flexibility index (Phi) is 34.4. The first-order valence-corrected chi connectivity index (χ1v) is 19.6. The van der Waals surface area contributed by atoms with E-state index in [9.17, 15) is 9.59 Å². The molecule has 0 rings (SSSR count). The molecule has 1 atom stereocenters. The number of nitrogens with two attached hydrogens (primary N) is 1. The molecule has 0 aromatic rings. The van der Waals surface area contributed by atoms with Crippen LogP contribution in [0.15, 0.2) is 12.2 Å². The number of amides is 1. The molecular formula is C40H77NO2. The zero-order valence-electron chi connectivity index (χ0n) is 29.5. The smallest absolute Gasteiger partial charge is 0.227 e. The van der Waals surface area contributed by atoms with Crippen molar-refractivity contribution in [1.29, 1.82) is 0 Å². The third-order valence-electron chi connectivity index (χ3n) is 9.26. The largest absolute Gasteiger partial charge is 0.369 e. The third kappa shape index (κ3) is 32.1. The second-order valence-electron chi connectivity index (χ2n) is 13.6. The van der Waals surface area contributed by atoms with Gasteiger partial charge < -0.3 is 5.73 Å². The van der Waals surface area contributed by atoms with Gasteiger partial charge in [0, 0.05) is 6.42 Å². The number of carbonyl (C=O) groups is 2. The molecule has 0 bridgehead atoms. The molecule has 2 N–H and O–H groups in total. The fourth-order valence-electron chi connectivity index (χ4n) is 6.26. The highest BCUT2D eigenvalue weighted by Gasteiger charge is 2.22. The summed E-state index contributed by atoms with van der Waals surface area (Å²) in [5.41, 5.74) is 5.60. The summed E-state index contributed by atoms with van der Waals surface area (Å²) in [6, 6.07) is 0. The second-order valence-corrected chi connectivity index (χ2v) is 13.6. The highest BCUT2D eigenvalue weighted by atomic mass is 16.2. The molecule has 0 heterocycles. The van der Waals surface area contributed by atoms with Crippen LogP contribution in [0.25, 0.3) is 0 Å². The molecule has 0 aromatic heterocycles. The van der Waals surface area contributed by atoms with Crippen LogP contribution < -0.4 is 5.73 Å². The molecule has 0 radical (unpaired) electrons. The standard InChI is InChI=1S/C40H77NO2/c1-3-5-7-9-11-13-15-17-19-20-21-22-23-25-27-29-31-33-35-37-39(42)38(40(41)43)36-34-32-30-28-26-24-18-16-14-12-10-8-6-4-2/h17,19,38H,3-16,18,20-37H2,1-2H3,(H2,41,43)/b19-17-. The van der Waals surface area contributed by atoms with E-state index in [1.54, 1.807) is 0 Å². The molecule has 0 spiro atoms. The summed E-state index contributed by atoms with van der Waals surface area (Å²) >= 11 is 0. The first kappa shape index (κ1) is 41.9. The summed E-state index contributed by atoms with van der Waals surface area (Å²) in [6.45, 7) is 4.55. The number of Topliss-reactive ketones (excluding diaryl/α,β-unsaturated/α-hetero) is 1. The summed E-state index contributed by atoms with van der Waals surface area (Å²) in [4.78, 5) is 24.5. The van der Waals surface area contributed by atoms with Crippen molar-refractivity contribution < 1.29 is 9.59 Å². The van der Waals surface area contributed by atoms with E-state index < -0.39 is 11.8 Å². The Balaban J connectivity index is 3.53. The van der Waals surface area contributed by atoms with Crippen LogP contribution in [-0.4, -0.2) is 11.7 Å². The van der Waals surface area contributed by atoms with Crippen LogP contribution in [0.1, 0.15) is 226 Å². The molecule has 0 fully saturated rings. The zero-order chi connectivity index (χ0) is 31.5. The van der Waals surface area contributed by atoms with Gasteiger partial charge in [0.2, 0.25) is 5.91 Å². The Morgan fingerprint density at radius 1 is 0.442 bits per heavy atom. The molecule has 0 aliphatic heterocycles. The minimum Gasteiger partial charge on any atom is -0.369 e. The van der Waals surface area contributed by atoms with Gasteiger partial charge >= 0.3 is 0 Å². The number of rotatable bonds is 36. The monoisotopic (exact) mass is 604 g/mol. The number of allylic oxidation sites excluding steroid dienone is 2. The average Bonchev–Trinajstić information content (AvgIpc) is 3.00. The van der Waals surface area contributed by atoms with E-state index >= 15 is 0 Å². The van der Waals surface area contributed by atoms with Crippen molar-refractivity contribution in [2.24, 2.45) is 11.7 Å². The summed E-state index contributed by atoms with van der Waals surface area (Å²) in [5.74, 6) is -0.876. The van der Waals surface area contributed by atoms with Crippen molar-refractivity contribution in [3.63, 3.8) is 0 Å². The SMILES string of the molecule is CCCCCCCC/C=C\CCCCCCCCCCCC(=O)C(CCCCCCCCCCCCCCCC)C(N)=O. The molecule has 3 nitrogen and oxygen atoms in total. The lowest BCUT2D eigenvalue weighted by molar-refractivity contribution is -0.132. The molecule has 0 aliphatic carbocycles. The molecule has 0 aliphatic rings. The van der Waals surface area contributed by atoms with Crippen molar-refractivity contribution in [1.82, 2.24) is 0 Å². The van der Waals surface area contributed by atoms with E-state index in [1.165, 1.54) is 173 Å². The zero-order valence-corrected chi connectivity index (χ0v) is 29.5. The van der Waals surface area contributed by atoms with Crippen molar-refractivity contribution in [2.45, 2.75) is 226 Å². The van der Waals surface area contributed by atoms with Gasteiger partial charge in [0.25, 0.3) is 0 Å². The minimum absolute atomic E-state index is 0.0863. The Hall–Kier alpha value is -1.12. The summed E-state index contributed by atoms with van der Waals surface area (Å²) < 4.78 is 0. The number of ketones is 1. The number of hydrogen-bond acceptors (Lipinski definition) is 2. The molecule has 0 saturated heterocycles. The van der Waals surface area contributed by atoms with E-state index in [4.69, 9.17) is 5.73 Å². The lowest BCUT2D eigenvalue weighted by Gasteiger charge is -2.12. The third-order valence-corrected chi connectivity index (χ3v) is 9.26. The molecule has 0 saturated carbocycles. The number of primary amides is 1. The molecule has 43 heavy (non-hydrogen) atoms. The van der Waals surface area contributed by atoms with Gasteiger partial charge in [0.05, 0.1) is 5.92 Å². The van der Waals surface area contributed by atoms with Crippen LogP contribution in [0.2, 0.25) is 0 Å². The molecule has 3 heteroatoms. The van der Waals surface area contributed by atoms with Crippen molar-refractivity contribution in [3.8, 4) is 0 Å². The fourth-order valence-corrected chi connectivity index (χ4v) is 6.26. The lowest BCUT2D eigenvalue weighted by atomic mass is 9.92. The highest BCUT2D eigenvalue weighted by molar-refractivity contribution is 6.00. The van der Waals surface area contributed by atoms with Crippen LogP contribution in [0, 0.1) is 5.92 Å². The van der Waals surface area contributed by atoms with Crippen molar-refractivity contribution in [3.05, 3.63) is 12.2 Å². The summed E-state index contributed by atoms with van der Waals surface area (Å²) in [5, 5.41) is 0. The fraction of sp³-hybridized carbons (Fsp3) is 0.900.